The normalized spacial score (nSPS) is 13.0. The van der Waals surface area contributed by atoms with Crippen LogP contribution in [0, 0.1) is 0 Å². The summed E-state index contributed by atoms with van der Waals surface area (Å²) >= 11 is 16.8. The van der Waals surface area contributed by atoms with E-state index in [2.05, 4.69) is 69.3 Å². The molecule has 1 unspecified atom stereocenters. The lowest BCUT2D eigenvalue weighted by molar-refractivity contribution is -0.150. The molecule has 3 rings (SSSR count). The fourth-order valence-corrected chi connectivity index (χ4v) is 9.88. The highest BCUT2D eigenvalue weighted by atomic mass is 35.6. The third-order valence-corrected chi connectivity index (χ3v) is 12.7. The number of rotatable bonds is 22. The maximum Gasteiger partial charge on any atom is 0.332 e. The molecule has 0 aromatic heterocycles. The maximum absolute atomic E-state index is 11.8. The number of carbonyl (C=O) groups is 1. The molecule has 0 aliphatic heterocycles. The SMILES string of the molecule is CC(C)(C)[Si](OCCOCCOCCOCCOC(COCC(=O)OCC(Cl)(Cl)Cl)c1ccccc1)(c1ccccc1)c1ccccc1. The van der Waals surface area contributed by atoms with E-state index in [1.54, 1.807) is 0 Å². The summed E-state index contributed by atoms with van der Waals surface area (Å²) in [6.45, 7) is 9.71. The van der Waals surface area contributed by atoms with Gasteiger partial charge in [-0.3, -0.25) is 0 Å². The molecule has 0 aliphatic carbocycles. The summed E-state index contributed by atoms with van der Waals surface area (Å²) in [4.78, 5) is 11.8. The van der Waals surface area contributed by atoms with E-state index in [-0.39, 0.29) is 24.9 Å². The third kappa shape index (κ3) is 14.1. The van der Waals surface area contributed by atoms with E-state index in [0.29, 0.717) is 52.9 Å². The summed E-state index contributed by atoms with van der Waals surface area (Å²) < 4.78 is 38.7. The van der Waals surface area contributed by atoms with Crippen LogP contribution < -0.4 is 10.4 Å². The van der Waals surface area contributed by atoms with Crippen LogP contribution in [0.2, 0.25) is 5.04 Å². The van der Waals surface area contributed by atoms with Crippen molar-refractivity contribution in [2.75, 3.05) is 72.7 Å². The molecule has 0 heterocycles. The van der Waals surface area contributed by atoms with Gasteiger partial charge in [-0.1, -0.05) is 147 Å². The number of esters is 1. The molecule has 0 radical (unpaired) electrons. The Morgan fingerprint density at radius 2 is 1.10 bits per heavy atom. The Kier molecular flexibility index (Phi) is 17.9. The molecule has 0 spiro atoms. The Bertz CT molecular complexity index is 1250. The van der Waals surface area contributed by atoms with Crippen molar-refractivity contribution in [2.24, 2.45) is 0 Å². The Morgan fingerprint density at radius 3 is 1.58 bits per heavy atom. The zero-order valence-corrected chi connectivity index (χ0v) is 31.2. The quantitative estimate of drug-likeness (QED) is 0.0514. The molecule has 1 atom stereocenters. The van der Waals surface area contributed by atoms with Gasteiger partial charge in [0.1, 0.15) is 19.3 Å². The van der Waals surface area contributed by atoms with E-state index in [0.717, 1.165) is 5.56 Å². The van der Waals surface area contributed by atoms with Crippen molar-refractivity contribution in [2.45, 2.75) is 35.7 Å². The van der Waals surface area contributed by atoms with Crippen molar-refractivity contribution >= 4 is 59.5 Å². The van der Waals surface area contributed by atoms with Crippen molar-refractivity contribution in [3.05, 3.63) is 96.6 Å². The fraction of sp³-hybridized carbons (Fsp3) is 0.472. The number of halogens is 3. The molecule has 8 nitrogen and oxygen atoms in total. The minimum absolute atomic E-state index is 0.0788. The number of benzene rings is 3. The van der Waals surface area contributed by atoms with Gasteiger partial charge < -0.3 is 32.8 Å². The highest BCUT2D eigenvalue weighted by Gasteiger charge is 2.50. The van der Waals surface area contributed by atoms with Gasteiger partial charge in [0, 0.05) is 0 Å². The van der Waals surface area contributed by atoms with Crippen LogP contribution in [-0.4, -0.2) is 90.8 Å². The second-order valence-corrected chi connectivity index (χ2v) is 18.7. The summed E-state index contributed by atoms with van der Waals surface area (Å²) in [5.74, 6) is -0.634. The lowest BCUT2D eigenvalue weighted by atomic mass is 10.1. The largest absolute Gasteiger partial charge is 0.459 e. The van der Waals surface area contributed by atoms with E-state index >= 15 is 0 Å². The van der Waals surface area contributed by atoms with E-state index in [9.17, 15) is 4.79 Å². The highest BCUT2D eigenvalue weighted by molar-refractivity contribution is 6.99. The zero-order chi connectivity index (χ0) is 34.7. The van der Waals surface area contributed by atoms with Gasteiger partial charge in [0.15, 0.2) is 0 Å². The third-order valence-electron chi connectivity index (χ3n) is 7.31. The average molecular weight is 742 g/mol. The van der Waals surface area contributed by atoms with Crippen LogP contribution >= 0.6 is 34.8 Å². The van der Waals surface area contributed by atoms with Gasteiger partial charge in [-0.2, -0.15) is 0 Å². The topological polar surface area (TPSA) is 81.7 Å². The first-order chi connectivity index (χ1) is 23.0. The van der Waals surface area contributed by atoms with Crippen LogP contribution in [0.3, 0.4) is 0 Å². The van der Waals surface area contributed by atoms with Crippen LogP contribution in [-0.2, 0) is 37.6 Å². The van der Waals surface area contributed by atoms with Crippen LogP contribution in [0.4, 0.5) is 0 Å². The zero-order valence-electron chi connectivity index (χ0n) is 27.9. The van der Waals surface area contributed by atoms with E-state index in [4.69, 9.17) is 67.7 Å². The Hall–Kier alpha value is -2.02. The number of ether oxygens (including phenoxy) is 6. The molecule has 0 amide bonds. The predicted octanol–water partition coefficient (Wildman–Crippen LogP) is 6.30. The first-order valence-corrected chi connectivity index (χ1v) is 19.0. The standard InChI is InChI=1S/C36H47Cl3O8Si/c1-35(2,3)48(31-15-9-5-10-16-31,32-17-11-6-12-18-32)47-26-24-43-22-20-41-19-21-42-23-25-45-33(30-13-7-4-8-14-30)27-44-28-34(40)46-29-36(37,38)39/h4-18,33H,19-29H2,1-3H3. The lowest BCUT2D eigenvalue weighted by Gasteiger charge is -2.43. The minimum atomic E-state index is -2.57. The maximum atomic E-state index is 11.8. The lowest BCUT2D eigenvalue weighted by Crippen LogP contribution is -2.66. The molecular weight excluding hydrogens is 695 g/mol. The Labute approximate surface area is 300 Å². The highest BCUT2D eigenvalue weighted by Crippen LogP contribution is 2.36. The van der Waals surface area contributed by atoms with Gasteiger partial charge in [0.2, 0.25) is 3.79 Å². The molecule has 3 aromatic carbocycles. The van der Waals surface area contributed by atoms with Crippen molar-refractivity contribution in [3.63, 3.8) is 0 Å². The Morgan fingerprint density at radius 1 is 0.646 bits per heavy atom. The second kappa shape index (κ2) is 21.3. The molecule has 0 N–H and O–H groups in total. The summed E-state index contributed by atoms with van der Waals surface area (Å²) in [6.07, 6.45) is -0.398. The van der Waals surface area contributed by atoms with Crippen LogP contribution in [0.15, 0.2) is 91.0 Å². The molecule has 12 heteroatoms. The molecule has 3 aromatic rings. The average Bonchev–Trinajstić information content (AvgIpc) is 3.07. The molecule has 48 heavy (non-hydrogen) atoms. The summed E-state index contributed by atoms with van der Waals surface area (Å²) in [6, 6.07) is 30.7. The second-order valence-electron chi connectivity index (χ2n) is 11.9. The molecule has 0 fully saturated rings. The van der Waals surface area contributed by atoms with E-state index < -0.39 is 24.2 Å². The summed E-state index contributed by atoms with van der Waals surface area (Å²) in [5.41, 5.74) is 0.910. The summed E-state index contributed by atoms with van der Waals surface area (Å²) in [7, 11) is -2.57. The predicted molar refractivity (Wildman–Crippen MR) is 193 cm³/mol. The van der Waals surface area contributed by atoms with E-state index in [1.807, 2.05) is 42.5 Å². The smallest absolute Gasteiger partial charge is 0.332 e. The van der Waals surface area contributed by atoms with Crippen molar-refractivity contribution in [1.82, 2.24) is 0 Å². The van der Waals surface area contributed by atoms with Crippen LogP contribution in [0.5, 0.6) is 0 Å². The van der Waals surface area contributed by atoms with Crippen molar-refractivity contribution < 1.29 is 37.6 Å². The molecule has 264 valence electrons. The number of alkyl halides is 3. The molecule has 0 bridgehead atoms. The van der Waals surface area contributed by atoms with Crippen molar-refractivity contribution in [1.29, 1.82) is 0 Å². The molecular formula is C36H47Cl3O8Si. The Balaban J connectivity index is 1.30. The van der Waals surface area contributed by atoms with Gasteiger partial charge in [-0.15, -0.1) is 0 Å². The van der Waals surface area contributed by atoms with Crippen LogP contribution in [0.1, 0.15) is 32.4 Å². The van der Waals surface area contributed by atoms with Gasteiger partial charge in [0.05, 0.1) is 59.5 Å². The van der Waals surface area contributed by atoms with Gasteiger partial charge >= 0.3 is 5.97 Å². The fourth-order valence-electron chi connectivity index (χ4n) is 5.17. The summed E-state index contributed by atoms with van der Waals surface area (Å²) in [5, 5.41) is 2.42. The van der Waals surface area contributed by atoms with E-state index in [1.165, 1.54) is 10.4 Å². The molecule has 0 saturated heterocycles. The van der Waals surface area contributed by atoms with Crippen molar-refractivity contribution in [3.8, 4) is 0 Å². The number of hydrogen-bond acceptors (Lipinski definition) is 8. The monoisotopic (exact) mass is 740 g/mol. The first kappa shape index (κ1) is 40.4. The number of hydrogen-bond donors (Lipinski definition) is 0. The van der Waals surface area contributed by atoms with Gasteiger partial charge in [-0.05, 0) is 21.0 Å². The van der Waals surface area contributed by atoms with Gasteiger partial charge in [-0.25, -0.2) is 4.79 Å². The number of carbonyl (C=O) groups excluding carboxylic acids is 1. The van der Waals surface area contributed by atoms with Gasteiger partial charge in [0.25, 0.3) is 8.32 Å². The molecule has 0 saturated carbocycles. The van der Waals surface area contributed by atoms with Crippen LogP contribution in [0.25, 0.3) is 0 Å². The molecule has 0 aliphatic rings. The first-order valence-electron chi connectivity index (χ1n) is 16.0. The minimum Gasteiger partial charge on any atom is -0.459 e.